The molecular formula is C15H18ClFN2O2. The molecule has 0 radical (unpaired) electrons. The molecule has 1 aliphatic rings. The molecule has 1 fully saturated rings. The first-order valence-electron chi connectivity index (χ1n) is 6.95. The Morgan fingerprint density at radius 2 is 2.19 bits per heavy atom. The van der Waals surface area contributed by atoms with Crippen LogP contribution in [0.2, 0.25) is 5.02 Å². The van der Waals surface area contributed by atoms with Gasteiger partial charge in [-0.3, -0.25) is 9.59 Å². The second-order valence-electron chi connectivity index (χ2n) is 5.34. The zero-order valence-corrected chi connectivity index (χ0v) is 12.8. The molecular weight excluding hydrogens is 295 g/mol. The molecule has 0 spiro atoms. The summed E-state index contributed by atoms with van der Waals surface area (Å²) >= 11 is 5.91. The summed E-state index contributed by atoms with van der Waals surface area (Å²) in [7, 11) is 0. The molecule has 0 bridgehead atoms. The van der Waals surface area contributed by atoms with E-state index in [2.05, 4.69) is 5.32 Å². The number of halogens is 2. The number of rotatable bonds is 4. The van der Waals surface area contributed by atoms with Crippen molar-refractivity contribution in [1.82, 2.24) is 10.2 Å². The molecule has 2 unspecified atom stereocenters. The van der Waals surface area contributed by atoms with Crippen LogP contribution in [0.5, 0.6) is 0 Å². The van der Waals surface area contributed by atoms with Gasteiger partial charge in [0, 0.05) is 6.54 Å². The number of piperazine rings is 1. The number of nitrogens with zero attached hydrogens (tertiary/aromatic N) is 1. The Morgan fingerprint density at radius 3 is 2.86 bits per heavy atom. The highest BCUT2D eigenvalue weighted by Gasteiger charge is 2.35. The molecule has 1 aromatic rings. The number of hydrogen-bond donors (Lipinski definition) is 1. The van der Waals surface area contributed by atoms with Gasteiger partial charge in [0.2, 0.25) is 11.8 Å². The second kappa shape index (κ2) is 6.43. The predicted molar refractivity (Wildman–Crippen MR) is 78.2 cm³/mol. The first-order valence-corrected chi connectivity index (χ1v) is 7.32. The van der Waals surface area contributed by atoms with Crippen molar-refractivity contribution in [2.24, 2.45) is 5.92 Å². The zero-order chi connectivity index (χ0) is 15.6. The smallest absolute Gasteiger partial charge is 0.246 e. The summed E-state index contributed by atoms with van der Waals surface area (Å²) < 4.78 is 13.5. The minimum Gasteiger partial charge on any atom is -0.342 e. The molecule has 2 rings (SSSR count). The normalized spacial score (nSPS) is 20.4. The summed E-state index contributed by atoms with van der Waals surface area (Å²) in [5.41, 5.74) is 0.502. The summed E-state index contributed by atoms with van der Waals surface area (Å²) in [4.78, 5) is 25.7. The van der Waals surface area contributed by atoms with E-state index in [0.717, 1.165) is 6.42 Å². The van der Waals surface area contributed by atoms with Crippen LogP contribution in [-0.2, 0) is 16.1 Å². The minimum atomic E-state index is -0.526. The lowest BCUT2D eigenvalue weighted by molar-refractivity contribution is -0.146. The lowest BCUT2D eigenvalue weighted by Gasteiger charge is -2.35. The van der Waals surface area contributed by atoms with Gasteiger partial charge in [-0.15, -0.1) is 0 Å². The van der Waals surface area contributed by atoms with Gasteiger partial charge < -0.3 is 10.2 Å². The lowest BCUT2D eigenvalue weighted by Crippen LogP contribution is -2.59. The van der Waals surface area contributed by atoms with E-state index in [1.807, 2.05) is 13.8 Å². The van der Waals surface area contributed by atoms with E-state index in [1.54, 1.807) is 6.07 Å². The molecule has 2 amide bonds. The summed E-state index contributed by atoms with van der Waals surface area (Å²) in [6, 6.07) is 3.93. The summed E-state index contributed by atoms with van der Waals surface area (Å²) in [6.45, 7) is 3.99. The van der Waals surface area contributed by atoms with Gasteiger partial charge in [0.1, 0.15) is 11.9 Å². The molecule has 114 valence electrons. The van der Waals surface area contributed by atoms with Gasteiger partial charge in [-0.05, 0) is 17.5 Å². The minimum absolute atomic E-state index is 0.00336. The standard InChI is InChI=1S/C15H18ClFN2O2/c1-3-9(2)14-15(21)19(8-12(20)18-14)7-10-5-4-6-11(17)13(10)16/h4-6,9,14H,3,7-8H2,1-2H3,(H,18,20). The van der Waals surface area contributed by atoms with Gasteiger partial charge >= 0.3 is 0 Å². The third-order valence-corrected chi connectivity index (χ3v) is 4.26. The van der Waals surface area contributed by atoms with E-state index in [0.29, 0.717) is 5.56 Å². The molecule has 6 heteroatoms. The molecule has 2 atom stereocenters. The van der Waals surface area contributed by atoms with Gasteiger partial charge in [-0.1, -0.05) is 44.0 Å². The maximum atomic E-state index is 13.5. The van der Waals surface area contributed by atoms with Crippen LogP contribution >= 0.6 is 11.6 Å². The highest BCUT2D eigenvalue weighted by atomic mass is 35.5. The van der Waals surface area contributed by atoms with Crippen LogP contribution in [0.1, 0.15) is 25.8 Å². The Bertz CT molecular complexity index is 565. The summed E-state index contributed by atoms with van der Waals surface area (Å²) in [6.07, 6.45) is 0.783. The molecule has 1 heterocycles. The topological polar surface area (TPSA) is 49.4 Å². The zero-order valence-electron chi connectivity index (χ0n) is 12.0. The van der Waals surface area contributed by atoms with E-state index >= 15 is 0 Å². The predicted octanol–water partition coefficient (Wildman–Crippen LogP) is 2.35. The van der Waals surface area contributed by atoms with Crippen molar-refractivity contribution in [1.29, 1.82) is 0 Å². The van der Waals surface area contributed by atoms with Crippen molar-refractivity contribution in [3.05, 3.63) is 34.6 Å². The number of amides is 2. The van der Waals surface area contributed by atoms with E-state index in [9.17, 15) is 14.0 Å². The van der Waals surface area contributed by atoms with Crippen LogP contribution in [-0.4, -0.2) is 29.3 Å². The number of benzene rings is 1. The molecule has 0 saturated carbocycles. The average molecular weight is 313 g/mol. The van der Waals surface area contributed by atoms with Gasteiger partial charge in [0.05, 0.1) is 11.6 Å². The monoisotopic (exact) mass is 312 g/mol. The van der Waals surface area contributed by atoms with E-state index in [4.69, 9.17) is 11.6 Å². The van der Waals surface area contributed by atoms with Crippen molar-refractivity contribution in [2.75, 3.05) is 6.54 Å². The van der Waals surface area contributed by atoms with Crippen molar-refractivity contribution >= 4 is 23.4 Å². The first-order chi connectivity index (χ1) is 9.93. The van der Waals surface area contributed by atoms with Crippen LogP contribution in [0.4, 0.5) is 4.39 Å². The Balaban J connectivity index is 2.20. The van der Waals surface area contributed by atoms with Crippen LogP contribution in [0.3, 0.4) is 0 Å². The van der Waals surface area contributed by atoms with E-state index in [-0.39, 0.29) is 35.8 Å². The molecule has 21 heavy (non-hydrogen) atoms. The molecule has 4 nitrogen and oxygen atoms in total. The van der Waals surface area contributed by atoms with E-state index < -0.39 is 11.9 Å². The maximum absolute atomic E-state index is 13.5. The third kappa shape index (κ3) is 3.35. The summed E-state index contributed by atoms with van der Waals surface area (Å²) in [5, 5.41) is 2.72. The molecule has 1 aliphatic heterocycles. The average Bonchev–Trinajstić information content (AvgIpc) is 2.46. The number of hydrogen-bond acceptors (Lipinski definition) is 2. The van der Waals surface area contributed by atoms with E-state index in [1.165, 1.54) is 17.0 Å². The molecule has 0 aromatic heterocycles. The quantitative estimate of drug-likeness (QED) is 0.928. The van der Waals surface area contributed by atoms with Crippen molar-refractivity contribution in [3.63, 3.8) is 0 Å². The molecule has 1 N–H and O–H groups in total. The van der Waals surface area contributed by atoms with Gasteiger partial charge in [0.25, 0.3) is 0 Å². The Morgan fingerprint density at radius 1 is 1.48 bits per heavy atom. The SMILES string of the molecule is CCC(C)C1NC(=O)CN(Cc2cccc(F)c2Cl)C1=O. The fraction of sp³-hybridized carbons (Fsp3) is 0.467. The highest BCUT2D eigenvalue weighted by molar-refractivity contribution is 6.31. The van der Waals surface area contributed by atoms with Crippen LogP contribution < -0.4 is 5.32 Å². The molecule has 0 aliphatic carbocycles. The number of nitrogens with one attached hydrogen (secondary N) is 1. The number of carbonyl (C=O) groups excluding carboxylic acids is 2. The number of carbonyl (C=O) groups is 2. The summed E-state index contributed by atoms with van der Waals surface area (Å²) in [5.74, 6) is -0.828. The van der Waals surface area contributed by atoms with Gasteiger partial charge in [-0.2, -0.15) is 0 Å². The van der Waals surface area contributed by atoms with Crippen molar-refractivity contribution in [2.45, 2.75) is 32.9 Å². The van der Waals surface area contributed by atoms with Crippen molar-refractivity contribution in [3.8, 4) is 0 Å². The van der Waals surface area contributed by atoms with Crippen LogP contribution in [0.25, 0.3) is 0 Å². The fourth-order valence-electron chi connectivity index (χ4n) is 2.36. The Labute approximate surface area is 128 Å². The fourth-order valence-corrected chi connectivity index (χ4v) is 2.55. The maximum Gasteiger partial charge on any atom is 0.246 e. The van der Waals surface area contributed by atoms with Crippen LogP contribution in [0, 0.1) is 11.7 Å². The second-order valence-corrected chi connectivity index (χ2v) is 5.72. The highest BCUT2D eigenvalue weighted by Crippen LogP contribution is 2.23. The Kier molecular flexibility index (Phi) is 4.83. The van der Waals surface area contributed by atoms with Crippen molar-refractivity contribution < 1.29 is 14.0 Å². The largest absolute Gasteiger partial charge is 0.342 e. The third-order valence-electron chi connectivity index (χ3n) is 3.83. The Hall–Kier alpha value is -1.62. The van der Waals surface area contributed by atoms with Crippen LogP contribution in [0.15, 0.2) is 18.2 Å². The molecule has 1 saturated heterocycles. The molecule has 1 aromatic carbocycles. The van der Waals surface area contributed by atoms with Gasteiger partial charge in [0.15, 0.2) is 0 Å². The lowest BCUT2D eigenvalue weighted by atomic mass is 9.96. The first kappa shape index (κ1) is 15.8. The van der Waals surface area contributed by atoms with Gasteiger partial charge in [-0.25, -0.2) is 4.39 Å².